The number of benzene rings is 1. The number of methoxy groups -OCH3 is 2. The van der Waals surface area contributed by atoms with Gasteiger partial charge in [0.15, 0.2) is 17.6 Å². The van der Waals surface area contributed by atoms with Gasteiger partial charge in [0, 0.05) is 19.2 Å². The first-order chi connectivity index (χ1) is 13.3. The predicted octanol–water partition coefficient (Wildman–Crippen LogP) is 2.95. The second-order valence-electron chi connectivity index (χ2n) is 6.77. The van der Waals surface area contributed by atoms with Crippen LogP contribution in [0.1, 0.15) is 49.4 Å². The Kier molecular flexibility index (Phi) is 7.19. The maximum Gasteiger partial charge on any atom is 0.346 e. The van der Waals surface area contributed by atoms with E-state index in [2.05, 4.69) is 0 Å². The summed E-state index contributed by atoms with van der Waals surface area (Å²) in [6.45, 7) is 1.46. The van der Waals surface area contributed by atoms with E-state index >= 15 is 0 Å². The maximum atomic E-state index is 12.6. The average molecular weight is 394 g/mol. The highest BCUT2D eigenvalue weighted by Crippen LogP contribution is 2.35. The third-order valence-corrected chi connectivity index (χ3v) is 5.02. The topological polar surface area (TPSA) is 108 Å². The SMILES string of the molecule is COc1cc(C(=O)O[C@@H](C)C(=O)N(C)C2CCCCC2)c([N+](=O)[O-])cc1OC. The van der Waals surface area contributed by atoms with Crippen molar-refractivity contribution < 1.29 is 28.7 Å². The second-order valence-corrected chi connectivity index (χ2v) is 6.77. The van der Waals surface area contributed by atoms with Gasteiger partial charge in [0.05, 0.1) is 25.2 Å². The fraction of sp³-hybridized carbons (Fsp3) is 0.579. The Balaban J connectivity index is 2.18. The van der Waals surface area contributed by atoms with Crippen LogP contribution in [0.3, 0.4) is 0 Å². The molecular weight excluding hydrogens is 368 g/mol. The van der Waals surface area contributed by atoms with Crippen LogP contribution in [-0.4, -0.2) is 55.1 Å². The first-order valence-corrected chi connectivity index (χ1v) is 9.18. The fourth-order valence-electron chi connectivity index (χ4n) is 3.39. The van der Waals surface area contributed by atoms with Crippen molar-refractivity contribution in [2.75, 3.05) is 21.3 Å². The summed E-state index contributed by atoms with van der Waals surface area (Å²) in [4.78, 5) is 37.4. The minimum Gasteiger partial charge on any atom is -0.493 e. The molecule has 1 aromatic carbocycles. The summed E-state index contributed by atoms with van der Waals surface area (Å²) in [6.07, 6.45) is 4.06. The largest absolute Gasteiger partial charge is 0.493 e. The molecule has 9 nitrogen and oxygen atoms in total. The Morgan fingerprint density at radius 2 is 1.71 bits per heavy atom. The minimum absolute atomic E-state index is 0.118. The number of amides is 1. The number of carbonyl (C=O) groups excluding carboxylic acids is 2. The molecule has 0 spiro atoms. The van der Waals surface area contributed by atoms with Crippen LogP contribution < -0.4 is 9.47 Å². The molecule has 28 heavy (non-hydrogen) atoms. The van der Waals surface area contributed by atoms with Crippen LogP contribution in [0.5, 0.6) is 11.5 Å². The number of carbonyl (C=O) groups is 2. The number of rotatable bonds is 7. The molecule has 1 saturated carbocycles. The van der Waals surface area contributed by atoms with Crippen LogP contribution in [0.25, 0.3) is 0 Å². The van der Waals surface area contributed by atoms with Crippen LogP contribution in [0, 0.1) is 10.1 Å². The van der Waals surface area contributed by atoms with Gasteiger partial charge in [0.1, 0.15) is 5.56 Å². The van der Waals surface area contributed by atoms with E-state index in [0.717, 1.165) is 38.2 Å². The average Bonchev–Trinajstić information content (AvgIpc) is 2.71. The first kappa shape index (κ1) is 21.5. The molecule has 1 aliphatic carbocycles. The molecule has 1 aromatic rings. The number of hydrogen-bond acceptors (Lipinski definition) is 7. The lowest BCUT2D eigenvalue weighted by Gasteiger charge is -2.32. The Bertz CT molecular complexity index is 744. The number of ether oxygens (including phenoxy) is 3. The van der Waals surface area contributed by atoms with Gasteiger partial charge in [-0.1, -0.05) is 19.3 Å². The van der Waals surface area contributed by atoms with E-state index < -0.39 is 22.7 Å². The van der Waals surface area contributed by atoms with E-state index in [1.54, 1.807) is 11.9 Å². The van der Waals surface area contributed by atoms with E-state index in [-0.39, 0.29) is 29.0 Å². The quantitative estimate of drug-likeness (QED) is 0.397. The van der Waals surface area contributed by atoms with Crippen molar-refractivity contribution in [2.45, 2.75) is 51.2 Å². The lowest BCUT2D eigenvalue weighted by molar-refractivity contribution is -0.385. The van der Waals surface area contributed by atoms with Gasteiger partial charge in [-0.05, 0) is 19.8 Å². The summed E-state index contributed by atoms with van der Waals surface area (Å²) >= 11 is 0. The molecule has 0 heterocycles. The van der Waals surface area contributed by atoms with Gasteiger partial charge >= 0.3 is 5.97 Å². The molecule has 0 aromatic heterocycles. The second kappa shape index (κ2) is 9.38. The summed E-state index contributed by atoms with van der Waals surface area (Å²) in [6, 6.07) is 2.40. The van der Waals surface area contributed by atoms with Crippen molar-refractivity contribution in [3.8, 4) is 11.5 Å². The van der Waals surface area contributed by atoms with E-state index in [1.165, 1.54) is 27.2 Å². The highest BCUT2D eigenvalue weighted by atomic mass is 16.6. The highest BCUT2D eigenvalue weighted by Gasteiger charge is 2.31. The first-order valence-electron chi connectivity index (χ1n) is 9.18. The standard InChI is InChI=1S/C19H26N2O7/c1-12(18(22)20(2)13-8-6-5-7-9-13)28-19(23)14-10-16(26-3)17(27-4)11-15(14)21(24)25/h10-13H,5-9H2,1-4H3/t12-/m0/s1. The lowest BCUT2D eigenvalue weighted by atomic mass is 9.94. The van der Waals surface area contributed by atoms with Crippen molar-refractivity contribution in [1.82, 2.24) is 4.90 Å². The molecule has 1 fully saturated rings. The van der Waals surface area contributed by atoms with E-state index in [0.29, 0.717) is 0 Å². The van der Waals surface area contributed by atoms with Gasteiger partial charge in [0.25, 0.3) is 11.6 Å². The van der Waals surface area contributed by atoms with Crippen LogP contribution in [-0.2, 0) is 9.53 Å². The Labute approximate surface area is 163 Å². The van der Waals surface area contributed by atoms with Crippen molar-refractivity contribution >= 4 is 17.6 Å². The molecule has 1 atom stereocenters. The minimum atomic E-state index is -1.06. The number of nitro benzene ring substituents is 1. The maximum absolute atomic E-state index is 12.6. The third-order valence-electron chi connectivity index (χ3n) is 5.02. The number of nitro groups is 1. The van der Waals surface area contributed by atoms with Gasteiger partial charge in [-0.2, -0.15) is 0 Å². The van der Waals surface area contributed by atoms with Crippen LogP contribution in [0.2, 0.25) is 0 Å². The third kappa shape index (κ3) is 4.71. The number of hydrogen-bond donors (Lipinski definition) is 0. The van der Waals surface area contributed by atoms with Gasteiger partial charge < -0.3 is 19.1 Å². The monoisotopic (exact) mass is 394 g/mol. The van der Waals surface area contributed by atoms with E-state index in [1.807, 2.05) is 0 Å². The van der Waals surface area contributed by atoms with Crippen molar-refractivity contribution in [3.63, 3.8) is 0 Å². The van der Waals surface area contributed by atoms with Crippen LogP contribution in [0.15, 0.2) is 12.1 Å². The zero-order chi connectivity index (χ0) is 20.8. The summed E-state index contributed by atoms with van der Waals surface area (Å²) in [5.74, 6) is -1.03. The molecule has 1 amide bonds. The Morgan fingerprint density at radius 1 is 1.14 bits per heavy atom. The smallest absolute Gasteiger partial charge is 0.346 e. The molecule has 0 radical (unpaired) electrons. The summed E-state index contributed by atoms with van der Waals surface area (Å²) < 4.78 is 15.4. The predicted molar refractivity (Wildman–Crippen MR) is 101 cm³/mol. The Morgan fingerprint density at radius 3 is 2.25 bits per heavy atom. The Hall–Kier alpha value is -2.84. The van der Waals surface area contributed by atoms with Gasteiger partial charge in [-0.25, -0.2) is 4.79 Å². The molecule has 0 saturated heterocycles. The molecule has 0 bridgehead atoms. The zero-order valence-electron chi connectivity index (χ0n) is 16.6. The van der Waals surface area contributed by atoms with Crippen molar-refractivity contribution in [2.24, 2.45) is 0 Å². The molecule has 154 valence electrons. The van der Waals surface area contributed by atoms with Gasteiger partial charge in [0.2, 0.25) is 0 Å². The normalized spacial score (nSPS) is 15.4. The fourth-order valence-corrected chi connectivity index (χ4v) is 3.39. The molecule has 1 aliphatic rings. The van der Waals surface area contributed by atoms with Crippen LogP contribution >= 0.6 is 0 Å². The highest BCUT2D eigenvalue weighted by molar-refractivity contribution is 5.96. The summed E-state index contributed by atoms with van der Waals surface area (Å²) in [7, 11) is 4.38. The van der Waals surface area contributed by atoms with E-state index in [9.17, 15) is 19.7 Å². The number of esters is 1. The van der Waals surface area contributed by atoms with Crippen molar-refractivity contribution in [1.29, 1.82) is 0 Å². The molecule has 0 unspecified atom stereocenters. The van der Waals surface area contributed by atoms with Gasteiger partial charge in [-0.3, -0.25) is 14.9 Å². The van der Waals surface area contributed by atoms with Crippen molar-refractivity contribution in [3.05, 3.63) is 27.8 Å². The molecular formula is C19H26N2O7. The van der Waals surface area contributed by atoms with Crippen LogP contribution in [0.4, 0.5) is 5.69 Å². The zero-order valence-corrected chi connectivity index (χ0v) is 16.6. The number of nitrogens with zero attached hydrogens (tertiary/aromatic N) is 2. The summed E-state index contributed by atoms with van der Waals surface area (Å²) in [5.41, 5.74) is -0.787. The molecule has 9 heteroatoms. The van der Waals surface area contributed by atoms with E-state index in [4.69, 9.17) is 14.2 Å². The molecule has 0 N–H and O–H groups in total. The summed E-state index contributed by atoms with van der Waals surface area (Å²) in [5, 5.41) is 11.4. The van der Waals surface area contributed by atoms with Gasteiger partial charge in [-0.15, -0.1) is 0 Å². The lowest BCUT2D eigenvalue weighted by Crippen LogP contribution is -2.44. The number of likely N-dealkylation sites (N-methyl/N-ethyl adjacent to an activating group) is 1. The molecule has 2 rings (SSSR count). The molecule has 0 aliphatic heterocycles.